The quantitative estimate of drug-likeness (QED) is 0.502. The van der Waals surface area contributed by atoms with Crippen LogP contribution in [0.1, 0.15) is 33.6 Å². The first-order valence-electron chi connectivity index (χ1n) is 5.25. The maximum atomic E-state index is 11.0. The van der Waals surface area contributed by atoms with Crippen molar-refractivity contribution in [3.05, 3.63) is 0 Å². The van der Waals surface area contributed by atoms with E-state index in [4.69, 9.17) is 4.74 Å². The molecule has 0 unspecified atom stereocenters. The fourth-order valence-corrected chi connectivity index (χ4v) is 1.82. The van der Waals surface area contributed by atoms with Crippen LogP contribution in [0.25, 0.3) is 0 Å². The molecule has 0 aromatic rings. The Morgan fingerprint density at radius 2 is 1.64 bits per heavy atom. The summed E-state index contributed by atoms with van der Waals surface area (Å²) in [5, 5.41) is 0. The molecule has 3 heteroatoms. The lowest BCUT2D eigenvalue weighted by molar-refractivity contribution is -0.876. The van der Waals surface area contributed by atoms with Crippen LogP contribution in [0.4, 0.5) is 0 Å². The van der Waals surface area contributed by atoms with E-state index >= 15 is 0 Å². The Morgan fingerprint density at radius 1 is 1.21 bits per heavy atom. The van der Waals surface area contributed by atoms with Crippen molar-refractivity contribution in [2.45, 2.75) is 39.2 Å². The van der Waals surface area contributed by atoms with E-state index in [0.29, 0.717) is 0 Å². The number of hydrogen-bond donors (Lipinski definition) is 0. The summed E-state index contributed by atoms with van der Waals surface area (Å²) in [4.78, 5) is 11.0. The predicted octanol–water partition coefficient (Wildman–Crippen LogP) is 1.81. The molecule has 14 heavy (non-hydrogen) atoms. The van der Waals surface area contributed by atoms with E-state index in [9.17, 15) is 4.79 Å². The Bertz CT molecular complexity index is 190. The van der Waals surface area contributed by atoms with Crippen molar-refractivity contribution >= 4 is 5.97 Å². The zero-order valence-electron chi connectivity index (χ0n) is 10.4. The van der Waals surface area contributed by atoms with E-state index in [1.807, 2.05) is 0 Å². The summed E-state index contributed by atoms with van der Waals surface area (Å²) in [6, 6.07) is 0. The van der Waals surface area contributed by atoms with Gasteiger partial charge in [-0.15, -0.1) is 0 Å². The molecule has 0 radical (unpaired) electrons. The summed E-state index contributed by atoms with van der Waals surface area (Å²) in [5.41, 5.74) is -0.288. The summed E-state index contributed by atoms with van der Waals surface area (Å²) >= 11 is 0. The molecular weight excluding hydrogens is 178 g/mol. The number of ether oxygens (including phenoxy) is 1. The van der Waals surface area contributed by atoms with Gasteiger partial charge in [-0.25, -0.2) is 0 Å². The van der Waals surface area contributed by atoms with Crippen LogP contribution in [0.2, 0.25) is 0 Å². The van der Waals surface area contributed by atoms with Crippen molar-refractivity contribution in [3.8, 4) is 0 Å². The van der Waals surface area contributed by atoms with Gasteiger partial charge in [0.25, 0.3) is 0 Å². The van der Waals surface area contributed by atoms with Gasteiger partial charge in [-0.3, -0.25) is 4.79 Å². The predicted molar refractivity (Wildman–Crippen MR) is 58.0 cm³/mol. The molecule has 0 saturated carbocycles. The number of hydrogen-bond acceptors (Lipinski definition) is 2. The minimum atomic E-state index is -0.288. The van der Waals surface area contributed by atoms with Crippen molar-refractivity contribution in [2.24, 2.45) is 0 Å². The van der Waals surface area contributed by atoms with E-state index < -0.39 is 0 Å². The van der Waals surface area contributed by atoms with Gasteiger partial charge in [0.2, 0.25) is 0 Å². The van der Waals surface area contributed by atoms with Gasteiger partial charge < -0.3 is 9.22 Å². The third kappa shape index (κ3) is 4.61. The lowest BCUT2D eigenvalue weighted by atomic mass is 9.96. The Balaban J connectivity index is 4.61. The summed E-state index contributed by atoms with van der Waals surface area (Å²) in [6.45, 7) is 6.49. The molecule has 0 amide bonds. The Labute approximate surface area is 87.6 Å². The smallest absolute Gasteiger partial charge is 0.303 e. The molecule has 0 N–H and O–H groups in total. The molecule has 0 aliphatic heterocycles. The van der Waals surface area contributed by atoms with Gasteiger partial charge in [0.1, 0.15) is 6.54 Å². The Kier molecular flexibility index (Phi) is 4.59. The number of quaternary nitrogens is 1. The van der Waals surface area contributed by atoms with Crippen molar-refractivity contribution in [3.63, 3.8) is 0 Å². The van der Waals surface area contributed by atoms with Gasteiger partial charge in [-0.05, 0) is 12.8 Å². The topological polar surface area (TPSA) is 26.3 Å². The van der Waals surface area contributed by atoms with Crippen molar-refractivity contribution in [2.75, 3.05) is 27.7 Å². The number of nitrogens with zero attached hydrogens (tertiary/aromatic N) is 1. The molecule has 0 rings (SSSR count). The van der Waals surface area contributed by atoms with E-state index in [0.717, 1.165) is 23.9 Å². The Morgan fingerprint density at radius 3 is 1.86 bits per heavy atom. The van der Waals surface area contributed by atoms with Crippen LogP contribution in [0.5, 0.6) is 0 Å². The number of carbonyl (C=O) groups excluding carboxylic acids is 1. The zero-order valence-corrected chi connectivity index (χ0v) is 10.4. The van der Waals surface area contributed by atoms with Crippen LogP contribution < -0.4 is 0 Å². The highest BCUT2D eigenvalue weighted by molar-refractivity contribution is 5.66. The summed E-state index contributed by atoms with van der Waals surface area (Å²) in [5.74, 6) is -0.179. The van der Waals surface area contributed by atoms with Crippen molar-refractivity contribution in [1.29, 1.82) is 0 Å². The SMILES string of the molecule is CCC(CC)(C[N+](C)(C)C)OC(C)=O. The summed E-state index contributed by atoms with van der Waals surface area (Å²) < 4.78 is 6.27. The second-order valence-electron chi connectivity index (χ2n) is 4.93. The second-order valence-corrected chi connectivity index (χ2v) is 4.93. The molecule has 84 valence electrons. The van der Waals surface area contributed by atoms with Gasteiger partial charge in [0, 0.05) is 6.92 Å². The third-order valence-corrected chi connectivity index (χ3v) is 2.41. The van der Waals surface area contributed by atoms with E-state index in [1.54, 1.807) is 0 Å². The van der Waals surface area contributed by atoms with Gasteiger partial charge in [0.15, 0.2) is 5.60 Å². The lowest BCUT2D eigenvalue weighted by Crippen LogP contribution is -2.50. The van der Waals surface area contributed by atoms with Crippen molar-refractivity contribution in [1.82, 2.24) is 0 Å². The summed E-state index contributed by atoms with van der Waals surface area (Å²) in [7, 11) is 6.34. The van der Waals surface area contributed by atoms with Crippen LogP contribution in [0.15, 0.2) is 0 Å². The number of carbonyl (C=O) groups is 1. The van der Waals surface area contributed by atoms with Crippen molar-refractivity contribution < 1.29 is 14.0 Å². The maximum absolute atomic E-state index is 11.0. The number of esters is 1. The number of likely N-dealkylation sites (N-methyl/N-ethyl adjacent to an activating group) is 1. The molecule has 0 heterocycles. The molecule has 0 fully saturated rings. The molecule has 0 aromatic heterocycles. The van der Waals surface area contributed by atoms with Crippen LogP contribution in [-0.4, -0.2) is 43.7 Å². The average molecular weight is 202 g/mol. The standard InChI is InChI=1S/C11H24NO2/c1-7-11(8-2,14-10(3)13)9-12(4,5)6/h7-9H2,1-6H3/q+1. The normalized spacial score (nSPS) is 12.7. The molecule has 0 bridgehead atoms. The molecule has 0 atom stereocenters. The van der Waals surface area contributed by atoms with Gasteiger partial charge >= 0.3 is 5.97 Å². The minimum Gasteiger partial charge on any atom is -0.453 e. The third-order valence-electron chi connectivity index (χ3n) is 2.41. The monoisotopic (exact) mass is 202 g/mol. The first kappa shape index (κ1) is 13.4. The molecular formula is C11H24NO2+. The van der Waals surface area contributed by atoms with E-state index in [1.165, 1.54) is 6.92 Å². The first-order chi connectivity index (χ1) is 6.24. The van der Waals surface area contributed by atoms with E-state index in [-0.39, 0.29) is 11.6 Å². The zero-order chi connectivity index (χ0) is 11.4. The highest BCUT2D eigenvalue weighted by atomic mass is 16.6. The van der Waals surface area contributed by atoms with Crippen LogP contribution in [-0.2, 0) is 9.53 Å². The molecule has 0 saturated heterocycles. The second kappa shape index (κ2) is 4.78. The minimum absolute atomic E-state index is 0.179. The largest absolute Gasteiger partial charge is 0.453 e. The number of rotatable bonds is 5. The molecule has 0 aliphatic carbocycles. The van der Waals surface area contributed by atoms with E-state index in [2.05, 4.69) is 35.0 Å². The van der Waals surface area contributed by atoms with Crippen LogP contribution >= 0.6 is 0 Å². The van der Waals surface area contributed by atoms with Crippen LogP contribution in [0, 0.1) is 0 Å². The fourth-order valence-electron chi connectivity index (χ4n) is 1.82. The molecule has 3 nitrogen and oxygen atoms in total. The molecule has 0 aliphatic rings. The molecule has 0 aromatic carbocycles. The van der Waals surface area contributed by atoms with Gasteiger partial charge in [0.05, 0.1) is 21.1 Å². The average Bonchev–Trinajstić information content (AvgIpc) is 1.99. The Hall–Kier alpha value is -0.570. The summed E-state index contributed by atoms with van der Waals surface area (Å²) in [6.07, 6.45) is 1.75. The highest BCUT2D eigenvalue weighted by Gasteiger charge is 2.35. The fraction of sp³-hybridized carbons (Fsp3) is 0.909. The highest BCUT2D eigenvalue weighted by Crippen LogP contribution is 2.23. The lowest BCUT2D eigenvalue weighted by Gasteiger charge is -2.37. The maximum Gasteiger partial charge on any atom is 0.303 e. The molecule has 0 spiro atoms. The van der Waals surface area contributed by atoms with Gasteiger partial charge in [-0.1, -0.05) is 13.8 Å². The first-order valence-corrected chi connectivity index (χ1v) is 5.25. The van der Waals surface area contributed by atoms with Crippen LogP contribution in [0.3, 0.4) is 0 Å². The van der Waals surface area contributed by atoms with Gasteiger partial charge in [-0.2, -0.15) is 0 Å².